The monoisotopic (exact) mass is 256 g/mol. The average Bonchev–Trinajstić information content (AvgIpc) is 3.24. The molecule has 0 aromatic heterocycles. The fourth-order valence-electron chi connectivity index (χ4n) is 2.72. The van der Waals surface area contributed by atoms with E-state index in [-0.39, 0.29) is 0 Å². The van der Waals surface area contributed by atoms with E-state index in [1.807, 2.05) is 12.1 Å². The van der Waals surface area contributed by atoms with Crippen LogP contribution in [0.25, 0.3) is 0 Å². The number of hydrogen-bond acceptors (Lipinski definition) is 4. The summed E-state index contributed by atoms with van der Waals surface area (Å²) in [7, 11) is 0. The van der Waals surface area contributed by atoms with E-state index in [1.165, 1.54) is 19.4 Å². The Kier molecular flexibility index (Phi) is 3.31. The minimum Gasteiger partial charge on any atom is -0.397 e. The van der Waals surface area contributed by atoms with Gasteiger partial charge in [0.2, 0.25) is 0 Å². The van der Waals surface area contributed by atoms with Crippen LogP contribution in [0, 0.1) is 17.2 Å². The van der Waals surface area contributed by atoms with Gasteiger partial charge in [0.05, 0.1) is 23.0 Å². The standard InChI is InChI=1S/C15H20N4/c16-10-13-3-4-14(17)15(9-13)19-7-5-18(6-8-19)11-12-1-2-12/h3-4,9,12H,1-2,5-8,11,17H2. The van der Waals surface area contributed by atoms with E-state index in [0.29, 0.717) is 5.56 Å². The second kappa shape index (κ2) is 5.10. The van der Waals surface area contributed by atoms with Crippen LogP contribution < -0.4 is 10.6 Å². The lowest BCUT2D eigenvalue weighted by Gasteiger charge is -2.36. The maximum Gasteiger partial charge on any atom is 0.0992 e. The van der Waals surface area contributed by atoms with Crippen LogP contribution in [0.1, 0.15) is 18.4 Å². The Morgan fingerprint density at radius 1 is 1.21 bits per heavy atom. The quantitative estimate of drug-likeness (QED) is 0.836. The normalized spacial score (nSPS) is 20.3. The van der Waals surface area contributed by atoms with Gasteiger partial charge in [-0.15, -0.1) is 0 Å². The molecule has 0 spiro atoms. The van der Waals surface area contributed by atoms with E-state index >= 15 is 0 Å². The van der Waals surface area contributed by atoms with E-state index in [2.05, 4.69) is 15.9 Å². The van der Waals surface area contributed by atoms with Crippen molar-refractivity contribution in [3.8, 4) is 6.07 Å². The topological polar surface area (TPSA) is 56.3 Å². The smallest absolute Gasteiger partial charge is 0.0992 e. The van der Waals surface area contributed by atoms with E-state index in [9.17, 15) is 0 Å². The first kappa shape index (κ1) is 12.3. The lowest BCUT2D eigenvalue weighted by molar-refractivity contribution is 0.248. The van der Waals surface area contributed by atoms with Crippen molar-refractivity contribution in [3.05, 3.63) is 23.8 Å². The number of nitrogen functional groups attached to an aromatic ring is 1. The van der Waals surface area contributed by atoms with Crippen molar-refractivity contribution in [2.75, 3.05) is 43.4 Å². The number of hydrogen-bond donors (Lipinski definition) is 1. The Labute approximate surface area is 114 Å². The van der Waals surface area contributed by atoms with Crippen LogP contribution >= 0.6 is 0 Å². The van der Waals surface area contributed by atoms with Crippen LogP contribution in [0.3, 0.4) is 0 Å². The van der Waals surface area contributed by atoms with Gasteiger partial charge < -0.3 is 10.6 Å². The lowest BCUT2D eigenvalue weighted by Crippen LogP contribution is -2.47. The molecule has 1 aliphatic heterocycles. The molecule has 0 atom stereocenters. The van der Waals surface area contributed by atoms with Gasteiger partial charge in [0, 0.05) is 32.7 Å². The third kappa shape index (κ3) is 2.82. The van der Waals surface area contributed by atoms with Crippen LogP contribution in [-0.2, 0) is 0 Å². The first-order chi connectivity index (χ1) is 9.26. The molecule has 0 radical (unpaired) electrons. The third-order valence-electron chi connectivity index (χ3n) is 4.09. The zero-order chi connectivity index (χ0) is 13.2. The zero-order valence-corrected chi connectivity index (χ0v) is 11.2. The molecule has 1 heterocycles. The maximum atomic E-state index is 8.98. The van der Waals surface area contributed by atoms with Crippen LogP contribution in [0.5, 0.6) is 0 Å². The summed E-state index contributed by atoms with van der Waals surface area (Å²) in [5.41, 5.74) is 8.51. The summed E-state index contributed by atoms with van der Waals surface area (Å²) in [6.45, 7) is 5.48. The minimum absolute atomic E-state index is 0.685. The first-order valence-corrected chi connectivity index (χ1v) is 7.03. The van der Waals surface area contributed by atoms with Crippen molar-refractivity contribution in [2.45, 2.75) is 12.8 Å². The number of rotatable bonds is 3. The van der Waals surface area contributed by atoms with Crippen molar-refractivity contribution >= 4 is 11.4 Å². The molecule has 0 unspecified atom stereocenters. The van der Waals surface area contributed by atoms with Gasteiger partial charge in [-0.3, -0.25) is 4.90 Å². The van der Waals surface area contributed by atoms with Crippen molar-refractivity contribution in [2.24, 2.45) is 5.92 Å². The van der Waals surface area contributed by atoms with Crippen molar-refractivity contribution in [3.63, 3.8) is 0 Å². The molecule has 4 nitrogen and oxygen atoms in total. The summed E-state index contributed by atoms with van der Waals surface area (Å²) in [5.74, 6) is 0.957. The third-order valence-corrected chi connectivity index (χ3v) is 4.09. The van der Waals surface area contributed by atoms with Crippen LogP contribution in [0.4, 0.5) is 11.4 Å². The molecule has 2 N–H and O–H groups in total. The van der Waals surface area contributed by atoms with Gasteiger partial charge in [0.15, 0.2) is 0 Å². The van der Waals surface area contributed by atoms with Crippen molar-refractivity contribution < 1.29 is 0 Å². The molecule has 100 valence electrons. The molecule has 1 aliphatic carbocycles. The predicted molar refractivity (Wildman–Crippen MR) is 76.9 cm³/mol. The minimum atomic E-state index is 0.685. The number of nitrogens with two attached hydrogens (primary N) is 1. The number of anilines is 2. The van der Waals surface area contributed by atoms with Gasteiger partial charge in [-0.25, -0.2) is 0 Å². The Morgan fingerprint density at radius 3 is 2.58 bits per heavy atom. The lowest BCUT2D eigenvalue weighted by atomic mass is 10.1. The molecule has 1 saturated heterocycles. The molecule has 2 fully saturated rings. The second-order valence-corrected chi connectivity index (χ2v) is 5.62. The summed E-state index contributed by atoms with van der Waals surface area (Å²) in [6, 6.07) is 7.71. The van der Waals surface area contributed by atoms with Gasteiger partial charge in [-0.05, 0) is 37.0 Å². The molecular weight excluding hydrogens is 236 g/mol. The predicted octanol–water partition coefficient (Wildman–Crippen LogP) is 1.67. The van der Waals surface area contributed by atoms with Crippen LogP contribution in [0.2, 0.25) is 0 Å². The highest BCUT2D eigenvalue weighted by molar-refractivity contribution is 5.69. The molecular formula is C15H20N4. The Morgan fingerprint density at radius 2 is 1.95 bits per heavy atom. The molecule has 1 aromatic rings. The van der Waals surface area contributed by atoms with Gasteiger partial charge in [-0.2, -0.15) is 5.26 Å². The fourth-order valence-corrected chi connectivity index (χ4v) is 2.72. The van der Waals surface area contributed by atoms with Crippen LogP contribution in [-0.4, -0.2) is 37.6 Å². The molecule has 0 amide bonds. The summed E-state index contributed by atoms with van der Waals surface area (Å²) in [4.78, 5) is 4.86. The van der Waals surface area contributed by atoms with Gasteiger partial charge in [0.25, 0.3) is 0 Å². The first-order valence-electron chi connectivity index (χ1n) is 7.03. The van der Waals surface area contributed by atoms with E-state index in [1.54, 1.807) is 6.07 Å². The van der Waals surface area contributed by atoms with Crippen molar-refractivity contribution in [1.29, 1.82) is 5.26 Å². The van der Waals surface area contributed by atoms with Crippen molar-refractivity contribution in [1.82, 2.24) is 4.90 Å². The Balaban J connectivity index is 1.65. The number of piperazine rings is 1. The number of benzene rings is 1. The van der Waals surface area contributed by atoms with Crippen LogP contribution in [0.15, 0.2) is 18.2 Å². The molecule has 2 aliphatic rings. The average molecular weight is 256 g/mol. The summed E-state index contributed by atoms with van der Waals surface area (Å²) >= 11 is 0. The molecule has 1 aromatic carbocycles. The number of nitrogens with zero attached hydrogens (tertiary/aromatic N) is 3. The van der Waals surface area contributed by atoms with Gasteiger partial charge in [0.1, 0.15) is 0 Å². The summed E-state index contributed by atoms with van der Waals surface area (Å²) < 4.78 is 0. The zero-order valence-electron chi connectivity index (χ0n) is 11.2. The molecule has 19 heavy (non-hydrogen) atoms. The van der Waals surface area contributed by atoms with Gasteiger partial charge >= 0.3 is 0 Å². The highest BCUT2D eigenvalue weighted by Crippen LogP contribution is 2.31. The highest BCUT2D eigenvalue weighted by Gasteiger charge is 2.26. The molecule has 3 rings (SSSR count). The van der Waals surface area contributed by atoms with E-state index < -0.39 is 0 Å². The Hall–Kier alpha value is -1.73. The molecule has 1 saturated carbocycles. The SMILES string of the molecule is N#Cc1ccc(N)c(N2CCN(CC3CC3)CC2)c1. The fraction of sp³-hybridized carbons (Fsp3) is 0.533. The second-order valence-electron chi connectivity index (χ2n) is 5.62. The highest BCUT2D eigenvalue weighted by atomic mass is 15.3. The van der Waals surface area contributed by atoms with Gasteiger partial charge in [-0.1, -0.05) is 0 Å². The maximum absolute atomic E-state index is 8.98. The van der Waals surface area contributed by atoms with E-state index in [4.69, 9.17) is 11.0 Å². The molecule has 0 bridgehead atoms. The summed E-state index contributed by atoms with van der Waals surface area (Å²) in [6.07, 6.45) is 2.83. The summed E-state index contributed by atoms with van der Waals surface area (Å²) in [5, 5.41) is 8.98. The van der Waals surface area contributed by atoms with E-state index in [0.717, 1.165) is 43.5 Å². The number of nitriles is 1. The Bertz CT molecular complexity index is 493. The largest absolute Gasteiger partial charge is 0.397 e. The molecule has 4 heteroatoms.